The predicted octanol–water partition coefficient (Wildman–Crippen LogP) is 2.56. The average molecular weight is 350 g/mol. The minimum absolute atomic E-state index is 0.00168. The largest absolute Gasteiger partial charge is 0.352 e. The summed E-state index contributed by atoms with van der Waals surface area (Å²) in [6.07, 6.45) is 4.57. The molecule has 1 atom stereocenters. The fourth-order valence-electron chi connectivity index (χ4n) is 3.25. The van der Waals surface area contributed by atoms with Gasteiger partial charge in [0.1, 0.15) is 0 Å². The van der Waals surface area contributed by atoms with Crippen molar-refractivity contribution in [3.63, 3.8) is 0 Å². The molecule has 1 N–H and O–H groups in total. The van der Waals surface area contributed by atoms with Crippen LogP contribution in [0.1, 0.15) is 31.7 Å². The first kappa shape index (κ1) is 17.7. The second kappa shape index (κ2) is 8.32. The lowest BCUT2D eigenvalue weighted by atomic mass is 10.1. The van der Waals surface area contributed by atoms with E-state index in [1.165, 1.54) is 12.0 Å². The number of benzene rings is 1. The van der Waals surface area contributed by atoms with Crippen molar-refractivity contribution in [3.05, 3.63) is 34.9 Å². The molecule has 1 aromatic rings. The average Bonchev–Trinajstić information content (AvgIpc) is 3.40. The molecule has 24 heavy (non-hydrogen) atoms. The molecule has 1 aliphatic heterocycles. The summed E-state index contributed by atoms with van der Waals surface area (Å²) in [6.45, 7) is 7.25. The van der Waals surface area contributed by atoms with Crippen LogP contribution < -0.4 is 5.32 Å². The van der Waals surface area contributed by atoms with E-state index < -0.39 is 0 Å². The number of amides is 1. The Balaban J connectivity index is 1.34. The van der Waals surface area contributed by atoms with Gasteiger partial charge in [-0.2, -0.15) is 0 Å². The van der Waals surface area contributed by atoms with Crippen molar-refractivity contribution in [3.8, 4) is 0 Å². The van der Waals surface area contributed by atoms with Gasteiger partial charge in [0.25, 0.3) is 0 Å². The van der Waals surface area contributed by atoms with E-state index in [2.05, 4.69) is 27.2 Å². The molecule has 0 spiro atoms. The van der Waals surface area contributed by atoms with Crippen LogP contribution in [-0.4, -0.2) is 60.5 Å². The van der Waals surface area contributed by atoms with Crippen LogP contribution in [0.15, 0.2) is 24.3 Å². The molecule has 1 amide bonds. The van der Waals surface area contributed by atoms with Gasteiger partial charge in [-0.05, 0) is 56.8 Å². The molecule has 1 saturated heterocycles. The zero-order valence-electron chi connectivity index (χ0n) is 14.5. The fourth-order valence-corrected chi connectivity index (χ4v) is 3.37. The first-order valence-corrected chi connectivity index (χ1v) is 9.51. The molecule has 132 valence electrons. The third kappa shape index (κ3) is 5.20. The molecule has 1 heterocycles. The minimum Gasteiger partial charge on any atom is -0.352 e. The van der Waals surface area contributed by atoms with E-state index in [1.807, 2.05) is 19.1 Å². The molecule has 0 radical (unpaired) electrons. The molecule has 5 heteroatoms. The van der Waals surface area contributed by atoms with Crippen molar-refractivity contribution in [2.75, 3.05) is 32.7 Å². The van der Waals surface area contributed by atoms with Gasteiger partial charge in [-0.25, -0.2) is 0 Å². The van der Waals surface area contributed by atoms with Gasteiger partial charge in [-0.15, -0.1) is 0 Å². The highest BCUT2D eigenvalue weighted by Crippen LogP contribution is 2.19. The molecular weight excluding hydrogens is 322 g/mol. The summed E-state index contributed by atoms with van der Waals surface area (Å²) in [5.74, 6) is 0.202. The van der Waals surface area contributed by atoms with Crippen molar-refractivity contribution in [1.29, 1.82) is 0 Å². The van der Waals surface area contributed by atoms with Crippen molar-refractivity contribution in [2.24, 2.45) is 0 Å². The monoisotopic (exact) mass is 349 g/mol. The van der Waals surface area contributed by atoms with Gasteiger partial charge >= 0.3 is 0 Å². The van der Waals surface area contributed by atoms with E-state index in [0.717, 1.165) is 57.0 Å². The molecule has 2 fully saturated rings. The van der Waals surface area contributed by atoms with Crippen molar-refractivity contribution >= 4 is 17.5 Å². The number of hydrogen-bond donors (Lipinski definition) is 1. The summed E-state index contributed by atoms with van der Waals surface area (Å²) in [5, 5.41) is 3.92. The van der Waals surface area contributed by atoms with Crippen LogP contribution in [0.3, 0.4) is 0 Å². The number of nitrogens with zero attached hydrogens (tertiary/aromatic N) is 2. The number of hydrogen-bond acceptors (Lipinski definition) is 3. The molecule has 0 aromatic heterocycles. The molecule has 3 rings (SSSR count). The van der Waals surface area contributed by atoms with Gasteiger partial charge in [0, 0.05) is 37.2 Å². The number of aryl methyl sites for hydroxylation is 1. The SMILES string of the molecule is C[C@@H](C(=O)NC1CC1)N1CCN(CCCc2ccc(Cl)cc2)CC1. The summed E-state index contributed by atoms with van der Waals surface area (Å²) in [5.41, 5.74) is 1.35. The quantitative estimate of drug-likeness (QED) is 0.821. The number of carbonyl (C=O) groups is 1. The van der Waals surface area contributed by atoms with Crippen LogP contribution >= 0.6 is 11.6 Å². The second-order valence-corrected chi connectivity index (χ2v) is 7.50. The maximum Gasteiger partial charge on any atom is 0.237 e. The van der Waals surface area contributed by atoms with Gasteiger partial charge < -0.3 is 10.2 Å². The van der Waals surface area contributed by atoms with Gasteiger partial charge in [-0.3, -0.25) is 9.69 Å². The maximum absolute atomic E-state index is 12.2. The van der Waals surface area contributed by atoms with Gasteiger partial charge in [0.15, 0.2) is 0 Å². The molecule has 1 aliphatic carbocycles. The second-order valence-electron chi connectivity index (χ2n) is 7.07. The van der Waals surface area contributed by atoms with E-state index in [4.69, 9.17) is 11.6 Å². The Bertz CT molecular complexity index is 536. The molecule has 0 unspecified atom stereocenters. The standard InChI is InChI=1S/C19H28ClN3O/c1-15(19(24)21-18-8-9-18)23-13-11-22(12-14-23)10-2-3-16-4-6-17(20)7-5-16/h4-7,15,18H,2-3,8-14H2,1H3,(H,21,24)/t15-/m0/s1. The topological polar surface area (TPSA) is 35.6 Å². The van der Waals surface area contributed by atoms with E-state index in [9.17, 15) is 4.79 Å². The van der Waals surface area contributed by atoms with E-state index in [-0.39, 0.29) is 11.9 Å². The first-order valence-electron chi connectivity index (χ1n) is 9.13. The Labute approximate surface area is 150 Å². The van der Waals surface area contributed by atoms with Crippen LogP contribution in [0.2, 0.25) is 5.02 Å². The Morgan fingerprint density at radius 1 is 1.21 bits per heavy atom. The first-order chi connectivity index (χ1) is 11.6. The highest BCUT2D eigenvalue weighted by Gasteiger charge is 2.29. The third-order valence-corrected chi connectivity index (χ3v) is 5.36. The number of rotatable bonds is 7. The number of piperazine rings is 1. The Morgan fingerprint density at radius 2 is 1.88 bits per heavy atom. The van der Waals surface area contributed by atoms with Crippen molar-refractivity contribution in [1.82, 2.24) is 15.1 Å². The fraction of sp³-hybridized carbons (Fsp3) is 0.632. The summed E-state index contributed by atoms with van der Waals surface area (Å²) in [7, 11) is 0. The highest BCUT2D eigenvalue weighted by molar-refractivity contribution is 6.30. The highest BCUT2D eigenvalue weighted by atomic mass is 35.5. The zero-order valence-corrected chi connectivity index (χ0v) is 15.3. The van der Waals surface area contributed by atoms with E-state index >= 15 is 0 Å². The Kier molecular flexibility index (Phi) is 6.14. The molecule has 4 nitrogen and oxygen atoms in total. The number of nitrogens with one attached hydrogen (secondary N) is 1. The predicted molar refractivity (Wildman–Crippen MR) is 98.4 cm³/mol. The van der Waals surface area contributed by atoms with Crippen LogP contribution in [0.25, 0.3) is 0 Å². The summed E-state index contributed by atoms with van der Waals surface area (Å²) < 4.78 is 0. The molecule has 1 aromatic carbocycles. The third-order valence-electron chi connectivity index (χ3n) is 5.11. The molecular formula is C19H28ClN3O. The van der Waals surface area contributed by atoms with Crippen molar-refractivity contribution < 1.29 is 4.79 Å². The van der Waals surface area contributed by atoms with E-state index in [1.54, 1.807) is 0 Å². The smallest absolute Gasteiger partial charge is 0.237 e. The lowest BCUT2D eigenvalue weighted by Gasteiger charge is -2.37. The van der Waals surface area contributed by atoms with Crippen molar-refractivity contribution in [2.45, 2.75) is 44.7 Å². The number of carbonyl (C=O) groups excluding carboxylic acids is 1. The number of halogens is 1. The van der Waals surface area contributed by atoms with Crippen LogP contribution in [0.5, 0.6) is 0 Å². The molecule has 1 saturated carbocycles. The molecule has 0 bridgehead atoms. The summed E-state index contributed by atoms with van der Waals surface area (Å²) >= 11 is 5.92. The van der Waals surface area contributed by atoms with Gasteiger partial charge in [-0.1, -0.05) is 23.7 Å². The Hall–Kier alpha value is -1.10. The van der Waals surface area contributed by atoms with E-state index in [0.29, 0.717) is 6.04 Å². The normalized spacial score (nSPS) is 20.8. The van der Waals surface area contributed by atoms with Gasteiger partial charge in [0.05, 0.1) is 6.04 Å². The lowest BCUT2D eigenvalue weighted by molar-refractivity contribution is -0.126. The molecule has 2 aliphatic rings. The minimum atomic E-state index is 0.00168. The lowest BCUT2D eigenvalue weighted by Crippen LogP contribution is -2.54. The van der Waals surface area contributed by atoms with Gasteiger partial charge in [0.2, 0.25) is 5.91 Å². The Morgan fingerprint density at radius 3 is 2.50 bits per heavy atom. The van der Waals surface area contributed by atoms with Crippen LogP contribution in [0.4, 0.5) is 0 Å². The zero-order chi connectivity index (χ0) is 16.9. The van der Waals surface area contributed by atoms with Crippen LogP contribution in [-0.2, 0) is 11.2 Å². The summed E-state index contributed by atoms with van der Waals surface area (Å²) in [4.78, 5) is 17.0. The summed E-state index contributed by atoms with van der Waals surface area (Å²) in [6, 6.07) is 8.60. The maximum atomic E-state index is 12.2. The van der Waals surface area contributed by atoms with Crippen LogP contribution in [0, 0.1) is 0 Å².